The minimum absolute atomic E-state index is 0.219. The van der Waals surface area contributed by atoms with Crippen molar-refractivity contribution in [2.75, 3.05) is 0 Å². The van der Waals surface area contributed by atoms with E-state index in [0.717, 1.165) is 4.68 Å². The first-order chi connectivity index (χ1) is 6.02. The first kappa shape index (κ1) is 9.43. The number of rotatable bonds is 2. The van der Waals surface area contributed by atoms with Crippen molar-refractivity contribution < 1.29 is 9.90 Å². The second-order valence-corrected chi connectivity index (χ2v) is 3.03. The molecule has 0 fully saturated rings. The van der Waals surface area contributed by atoms with Gasteiger partial charge in [-0.25, -0.2) is 9.59 Å². The summed E-state index contributed by atoms with van der Waals surface area (Å²) in [4.78, 5) is 21.5. The standard InChI is InChI=1S/C6H10N4O3/c1-4(2)3-9-5(11)10(6(12)13)8-7-9/h4H,3H2,1-2H3,(H,12,13). The Hall–Kier alpha value is -1.66. The molecule has 1 aromatic heterocycles. The maximum Gasteiger partial charge on any atom is 0.438 e. The molecule has 0 aliphatic carbocycles. The second-order valence-electron chi connectivity index (χ2n) is 3.03. The van der Waals surface area contributed by atoms with Gasteiger partial charge < -0.3 is 5.11 Å². The van der Waals surface area contributed by atoms with Gasteiger partial charge in [0.15, 0.2) is 0 Å². The van der Waals surface area contributed by atoms with E-state index in [1.165, 1.54) is 0 Å². The third kappa shape index (κ3) is 1.92. The number of carboxylic acid groups (broad SMARTS) is 1. The normalized spacial score (nSPS) is 10.7. The highest BCUT2D eigenvalue weighted by molar-refractivity contribution is 5.65. The lowest BCUT2D eigenvalue weighted by atomic mass is 10.2. The first-order valence-corrected chi connectivity index (χ1v) is 3.78. The molecule has 0 radical (unpaired) electrons. The Kier molecular flexibility index (Phi) is 2.45. The summed E-state index contributed by atoms with van der Waals surface area (Å²) < 4.78 is 1.33. The fourth-order valence-corrected chi connectivity index (χ4v) is 0.855. The van der Waals surface area contributed by atoms with Crippen molar-refractivity contribution >= 4 is 6.09 Å². The molecule has 7 heteroatoms. The Labute approximate surface area is 73.6 Å². The quantitative estimate of drug-likeness (QED) is 0.636. The summed E-state index contributed by atoms with van der Waals surface area (Å²) in [6.07, 6.45) is -1.42. The lowest BCUT2D eigenvalue weighted by Crippen LogP contribution is -2.30. The third-order valence-corrected chi connectivity index (χ3v) is 1.36. The van der Waals surface area contributed by atoms with E-state index in [2.05, 4.69) is 10.4 Å². The molecule has 0 aromatic carbocycles. The van der Waals surface area contributed by atoms with Gasteiger partial charge in [0.25, 0.3) is 0 Å². The zero-order valence-electron chi connectivity index (χ0n) is 7.34. The van der Waals surface area contributed by atoms with E-state index in [1.54, 1.807) is 0 Å². The monoisotopic (exact) mass is 186 g/mol. The predicted molar refractivity (Wildman–Crippen MR) is 42.5 cm³/mol. The van der Waals surface area contributed by atoms with E-state index in [0.29, 0.717) is 11.2 Å². The molecule has 13 heavy (non-hydrogen) atoms. The van der Waals surface area contributed by atoms with Gasteiger partial charge in [0.2, 0.25) is 0 Å². The summed E-state index contributed by atoms with van der Waals surface area (Å²) in [6.45, 7) is 4.16. The van der Waals surface area contributed by atoms with Crippen LogP contribution in [0.3, 0.4) is 0 Å². The Balaban J connectivity index is 3.00. The second kappa shape index (κ2) is 3.38. The first-order valence-electron chi connectivity index (χ1n) is 3.78. The minimum atomic E-state index is -1.42. The van der Waals surface area contributed by atoms with Crippen LogP contribution >= 0.6 is 0 Å². The molecule has 0 bridgehead atoms. The highest BCUT2D eigenvalue weighted by Crippen LogP contribution is 1.92. The fourth-order valence-electron chi connectivity index (χ4n) is 0.855. The van der Waals surface area contributed by atoms with Gasteiger partial charge in [-0.15, -0.1) is 0 Å². The van der Waals surface area contributed by atoms with E-state index in [-0.39, 0.29) is 5.92 Å². The van der Waals surface area contributed by atoms with Crippen molar-refractivity contribution in [3.8, 4) is 0 Å². The van der Waals surface area contributed by atoms with Crippen molar-refractivity contribution in [2.24, 2.45) is 5.92 Å². The Morgan fingerprint density at radius 1 is 1.54 bits per heavy atom. The van der Waals surface area contributed by atoms with Crippen molar-refractivity contribution in [3.05, 3.63) is 10.5 Å². The molecule has 0 aliphatic heterocycles. The Morgan fingerprint density at radius 3 is 2.54 bits per heavy atom. The summed E-state index contributed by atoms with van der Waals surface area (Å²) in [5, 5.41) is 15.1. The van der Waals surface area contributed by atoms with Crippen molar-refractivity contribution in [1.82, 2.24) is 19.8 Å². The van der Waals surface area contributed by atoms with E-state index >= 15 is 0 Å². The van der Waals surface area contributed by atoms with Crippen LogP contribution in [0.5, 0.6) is 0 Å². The van der Waals surface area contributed by atoms with Crippen LogP contribution in [-0.2, 0) is 6.54 Å². The molecule has 0 saturated carbocycles. The van der Waals surface area contributed by atoms with E-state index in [1.807, 2.05) is 13.8 Å². The van der Waals surface area contributed by atoms with Gasteiger partial charge in [0, 0.05) is 0 Å². The number of hydrogen-bond acceptors (Lipinski definition) is 4. The number of aromatic nitrogens is 4. The molecular weight excluding hydrogens is 176 g/mol. The van der Waals surface area contributed by atoms with Gasteiger partial charge in [-0.1, -0.05) is 18.5 Å². The molecule has 0 aliphatic rings. The number of hydrogen-bond donors (Lipinski definition) is 1. The molecule has 0 saturated heterocycles. The highest BCUT2D eigenvalue weighted by atomic mass is 16.4. The topological polar surface area (TPSA) is 90.0 Å². The van der Waals surface area contributed by atoms with Crippen LogP contribution in [0.2, 0.25) is 0 Å². The molecule has 1 heterocycles. The zero-order chi connectivity index (χ0) is 10.0. The largest absolute Gasteiger partial charge is 0.463 e. The van der Waals surface area contributed by atoms with Crippen LogP contribution in [0.1, 0.15) is 13.8 Å². The highest BCUT2D eigenvalue weighted by Gasteiger charge is 2.12. The smallest absolute Gasteiger partial charge is 0.438 e. The molecular formula is C6H10N4O3. The Morgan fingerprint density at radius 2 is 2.15 bits per heavy atom. The molecule has 72 valence electrons. The summed E-state index contributed by atoms with van der Waals surface area (Å²) in [5.41, 5.74) is -0.721. The SMILES string of the molecule is CC(C)Cn1nnn(C(=O)O)c1=O. The maximum absolute atomic E-state index is 11.2. The van der Waals surface area contributed by atoms with Crippen LogP contribution in [0, 0.1) is 5.92 Å². The van der Waals surface area contributed by atoms with Crippen LogP contribution < -0.4 is 5.69 Å². The van der Waals surface area contributed by atoms with E-state index in [4.69, 9.17) is 5.11 Å². The van der Waals surface area contributed by atoms with Gasteiger partial charge in [0.1, 0.15) is 0 Å². The van der Waals surface area contributed by atoms with Crippen molar-refractivity contribution in [2.45, 2.75) is 20.4 Å². The fraction of sp³-hybridized carbons (Fsp3) is 0.667. The predicted octanol–water partition coefficient (Wildman–Crippen LogP) is -0.378. The van der Waals surface area contributed by atoms with Gasteiger partial charge in [0.05, 0.1) is 6.54 Å². The van der Waals surface area contributed by atoms with Crippen LogP contribution in [-0.4, -0.2) is 31.0 Å². The number of nitrogens with zero attached hydrogens (tertiary/aromatic N) is 4. The molecule has 0 spiro atoms. The van der Waals surface area contributed by atoms with Crippen LogP contribution in [0.4, 0.5) is 4.79 Å². The van der Waals surface area contributed by atoms with Crippen LogP contribution in [0.25, 0.3) is 0 Å². The van der Waals surface area contributed by atoms with Crippen molar-refractivity contribution in [1.29, 1.82) is 0 Å². The number of tetrazole rings is 1. The molecule has 0 unspecified atom stereocenters. The molecule has 1 aromatic rings. The van der Waals surface area contributed by atoms with E-state index < -0.39 is 11.8 Å². The lowest BCUT2D eigenvalue weighted by Gasteiger charge is -1.99. The summed E-state index contributed by atoms with van der Waals surface area (Å²) >= 11 is 0. The molecule has 1 N–H and O–H groups in total. The van der Waals surface area contributed by atoms with Gasteiger partial charge in [-0.2, -0.15) is 4.68 Å². The summed E-state index contributed by atoms with van der Waals surface area (Å²) in [7, 11) is 0. The Bertz CT molecular complexity index is 364. The molecule has 7 nitrogen and oxygen atoms in total. The zero-order valence-corrected chi connectivity index (χ0v) is 7.34. The van der Waals surface area contributed by atoms with Crippen LogP contribution in [0.15, 0.2) is 4.79 Å². The minimum Gasteiger partial charge on any atom is -0.463 e. The van der Waals surface area contributed by atoms with E-state index in [9.17, 15) is 9.59 Å². The lowest BCUT2D eigenvalue weighted by molar-refractivity contribution is 0.191. The molecule has 0 atom stereocenters. The van der Waals surface area contributed by atoms with Crippen molar-refractivity contribution in [3.63, 3.8) is 0 Å². The average Bonchev–Trinajstić information content (AvgIpc) is 2.32. The molecule has 0 amide bonds. The maximum atomic E-state index is 11.2. The average molecular weight is 186 g/mol. The third-order valence-electron chi connectivity index (χ3n) is 1.36. The summed E-state index contributed by atoms with van der Waals surface area (Å²) in [5.74, 6) is 0.219. The number of carbonyl (C=O) groups is 1. The van der Waals surface area contributed by atoms with Gasteiger partial charge >= 0.3 is 11.8 Å². The van der Waals surface area contributed by atoms with Gasteiger partial charge in [-0.05, 0) is 16.3 Å². The summed E-state index contributed by atoms with van der Waals surface area (Å²) in [6, 6.07) is 0. The van der Waals surface area contributed by atoms with Gasteiger partial charge in [-0.3, -0.25) is 0 Å². The molecule has 1 rings (SSSR count).